The van der Waals surface area contributed by atoms with E-state index in [4.69, 9.17) is 4.74 Å². The van der Waals surface area contributed by atoms with Crippen molar-refractivity contribution in [2.45, 2.75) is 25.8 Å². The zero-order valence-electron chi connectivity index (χ0n) is 18.6. The van der Waals surface area contributed by atoms with E-state index >= 15 is 0 Å². The van der Waals surface area contributed by atoms with Crippen LogP contribution in [0.4, 0.5) is 5.69 Å². The number of methoxy groups -OCH3 is 1. The number of fused-ring (bicyclic) bond motifs is 3. The second kappa shape index (κ2) is 9.83. The lowest BCUT2D eigenvalue weighted by molar-refractivity contribution is -0.138. The van der Waals surface area contributed by atoms with E-state index in [0.717, 1.165) is 35.5 Å². The first-order valence-electron chi connectivity index (χ1n) is 11.1. The van der Waals surface area contributed by atoms with Crippen molar-refractivity contribution in [3.63, 3.8) is 0 Å². The molecule has 1 atom stereocenters. The third kappa shape index (κ3) is 4.18. The Balaban J connectivity index is 1.75. The Hall–Kier alpha value is -3.38. The molecule has 0 saturated carbocycles. The van der Waals surface area contributed by atoms with E-state index in [1.807, 2.05) is 71.8 Å². The molecule has 6 heteroatoms. The van der Waals surface area contributed by atoms with Gasteiger partial charge in [0.05, 0.1) is 17.1 Å². The monoisotopic (exact) mass is 431 g/mol. The van der Waals surface area contributed by atoms with E-state index in [0.29, 0.717) is 6.54 Å². The van der Waals surface area contributed by atoms with Gasteiger partial charge >= 0.3 is 0 Å². The number of benzene rings is 2. The molecule has 2 aromatic carbocycles. The number of hydrogen-bond donors (Lipinski definition) is 0. The van der Waals surface area contributed by atoms with Gasteiger partial charge in [-0.2, -0.15) is 0 Å². The molecule has 0 fully saturated rings. The minimum absolute atomic E-state index is 0.0145. The molecule has 1 unspecified atom stereocenters. The number of para-hydroxylation sites is 2. The number of carbonyl (C=O) groups excluding carboxylic acids is 2. The number of rotatable bonds is 8. The topological polar surface area (TPSA) is 54.8 Å². The van der Waals surface area contributed by atoms with E-state index in [9.17, 15) is 9.59 Å². The van der Waals surface area contributed by atoms with Gasteiger partial charge in [-0.15, -0.1) is 0 Å². The van der Waals surface area contributed by atoms with Crippen molar-refractivity contribution in [2.24, 2.45) is 0 Å². The zero-order valence-corrected chi connectivity index (χ0v) is 18.6. The average Bonchev–Trinajstić information content (AvgIpc) is 3.31. The maximum Gasteiger partial charge on any atom is 0.249 e. The molecule has 2 amide bonds. The van der Waals surface area contributed by atoms with Crippen molar-refractivity contribution in [2.75, 3.05) is 31.7 Å². The first-order valence-corrected chi connectivity index (χ1v) is 11.1. The van der Waals surface area contributed by atoms with Gasteiger partial charge in [-0.1, -0.05) is 55.8 Å². The molecule has 0 aliphatic carbocycles. The van der Waals surface area contributed by atoms with Crippen LogP contribution in [0.5, 0.6) is 0 Å². The fourth-order valence-electron chi connectivity index (χ4n) is 4.31. The Labute approximate surface area is 189 Å². The van der Waals surface area contributed by atoms with Crippen molar-refractivity contribution >= 4 is 17.5 Å². The van der Waals surface area contributed by atoms with E-state index in [2.05, 4.69) is 17.6 Å². The van der Waals surface area contributed by atoms with Gasteiger partial charge in [0, 0.05) is 19.9 Å². The Morgan fingerprint density at radius 1 is 0.969 bits per heavy atom. The van der Waals surface area contributed by atoms with Crippen molar-refractivity contribution in [3.8, 4) is 5.69 Å². The first kappa shape index (κ1) is 21.8. The average molecular weight is 432 g/mol. The maximum atomic E-state index is 13.8. The molecule has 6 nitrogen and oxygen atoms in total. The summed E-state index contributed by atoms with van der Waals surface area (Å²) in [4.78, 5) is 30.0. The second-order valence-corrected chi connectivity index (χ2v) is 7.97. The maximum absolute atomic E-state index is 13.8. The molecule has 32 heavy (non-hydrogen) atoms. The summed E-state index contributed by atoms with van der Waals surface area (Å²) >= 11 is 0. The van der Waals surface area contributed by atoms with E-state index in [-0.39, 0.29) is 31.0 Å². The summed E-state index contributed by atoms with van der Waals surface area (Å²) in [6.07, 6.45) is 3.81. The van der Waals surface area contributed by atoms with Crippen LogP contribution in [0.15, 0.2) is 72.9 Å². The zero-order chi connectivity index (χ0) is 22.5. The summed E-state index contributed by atoms with van der Waals surface area (Å²) in [6, 6.07) is 21.7. The van der Waals surface area contributed by atoms with Gasteiger partial charge < -0.3 is 14.2 Å². The molecular weight excluding hydrogens is 402 g/mol. The lowest BCUT2D eigenvalue weighted by Crippen LogP contribution is -2.47. The van der Waals surface area contributed by atoms with Crippen molar-refractivity contribution in [1.82, 2.24) is 9.47 Å². The summed E-state index contributed by atoms with van der Waals surface area (Å²) in [5.41, 5.74) is 3.84. The van der Waals surface area contributed by atoms with Gasteiger partial charge in [-0.05, 0) is 36.2 Å². The van der Waals surface area contributed by atoms with Crippen molar-refractivity contribution in [1.29, 1.82) is 0 Å². The van der Waals surface area contributed by atoms with Crippen LogP contribution in [-0.4, -0.2) is 48.1 Å². The number of unbranched alkanes of at least 4 members (excludes halogenated alkanes) is 1. The molecule has 1 aliphatic heterocycles. The van der Waals surface area contributed by atoms with Crippen LogP contribution in [0.1, 0.15) is 37.1 Å². The summed E-state index contributed by atoms with van der Waals surface area (Å²) in [7, 11) is 1.50. The van der Waals surface area contributed by atoms with Gasteiger partial charge in [0.25, 0.3) is 0 Å². The quantitative estimate of drug-likeness (QED) is 0.537. The Bertz CT molecular complexity index is 1080. The van der Waals surface area contributed by atoms with Crippen molar-refractivity contribution < 1.29 is 14.3 Å². The number of aromatic nitrogens is 1. The minimum atomic E-state index is -0.279. The van der Waals surface area contributed by atoms with E-state index in [1.165, 1.54) is 7.11 Å². The summed E-state index contributed by atoms with van der Waals surface area (Å²) < 4.78 is 7.20. The molecule has 0 radical (unpaired) electrons. The molecule has 0 N–H and O–H groups in total. The fourth-order valence-corrected chi connectivity index (χ4v) is 4.31. The molecule has 0 saturated heterocycles. The van der Waals surface area contributed by atoms with Crippen LogP contribution in [-0.2, 0) is 14.3 Å². The van der Waals surface area contributed by atoms with Crippen LogP contribution in [0, 0.1) is 0 Å². The Morgan fingerprint density at radius 3 is 2.41 bits per heavy atom. The molecule has 4 rings (SSSR count). The van der Waals surface area contributed by atoms with Crippen LogP contribution in [0.2, 0.25) is 0 Å². The van der Waals surface area contributed by atoms with Crippen LogP contribution >= 0.6 is 0 Å². The van der Waals surface area contributed by atoms with Crippen LogP contribution < -0.4 is 4.90 Å². The smallest absolute Gasteiger partial charge is 0.249 e. The SMILES string of the molecule is CCCCN(CC(=O)N1c2ccccc2-n2cccc2C1c1ccccc1)C(=O)COC. The highest BCUT2D eigenvalue weighted by atomic mass is 16.5. The third-order valence-electron chi connectivity index (χ3n) is 5.83. The fraction of sp³-hybridized carbons (Fsp3) is 0.308. The molecule has 0 bridgehead atoms. The Morgan fingerprint density at radius 2 is 1.69 bits per heavy atom. The third-order valence-corrected chi connectivity index (χ3v) is 5.83. The first-order chi connectivity index (χ1) is 15.7. The normalized spacial score (nSPS) is 14.6. The van der Waals surface area contributed by atoms with E-state index in [1.54, 1.807) is 4.90 Å². The molecule has 1 aromatic heterocycles. The number of nitrogens with zero attached hydrogens (tertiary/aromatic N) is 3. The highest BCUT2D eigenvalue weighted by molar-refractivity contribution is 6.00. The number of ether oxygens (including phenoxy) is 1. The summed E-state index contributed by atoms with van der Waals surface area (Å²) in [6.45, 7) is 2.59. The lowest BCUT2D eigenvalue weighted by atomic mass is 9.97. The van der Waals surface area contributed by atoms with Gasteiger partial charge in [-0.3, -0.25) is 14.5 Å². The number of carbonyl (C=O) groups is 2. The van der Waals surface area contributed by atoms with Gasteiger partial charge in [-0.25, -0.2) is 0 Å². The standard InChI is InChI=1S/C26H29N3O3/c1-3-4-16-27(25(31)19-32-2)18-24(30)29-22-14-9-8-13-21(22)28-17-10-15-23(28)26(29)20-11-6-5-7-12-20/h5-15,17,26H,3-4,16,18-19H2,1-2H3. The van der Waals surface area contributed by atoms with Gasteiger partial charge in [0.1, 0.15) is 19.2 Å². The molecular formula is C26H29N3O3. The summed E-state index contributed by atoms with van der Waals surface area (Å²) in [5, 5.41) is 0. The number of anilines is 1. The molecule has 3 aromatic rings. The predicted octanol–water partition coefficient (Wildman–Crippen LogP) is 4.19. The summed E-state index contributed by atoms with van der Waals surface area (Å²) in [5.74, 6) is -0.279. The molecule has 2 heterocycles. The molecule has 166 valence electrons. The van der Waals surface area contributed by atoms with Gasteiger partial charge in [0.2, 0.25) is 11.8 Å². The largest absolute Gasteiger partial charge is 0.375 e. The predicted molar refractivity (Wildman–Crippen MR) is 125 cm³/mol. The van der Waals surface area contributed by atoms with Gasteiger partial charge in [0.15, 0.2) is 0 Å². The Kier molecular flexibility index (Phi) is 6.71. The van der Waals surface area contributed by atoms with Crippen LogP contribution in [0.3, 0.4) is 0 Å². The highest BCUT2D eigenvalue weighted by Gasteiger charge is 2.36. The number of amides is 2. The van der Waals surface area contributed by atoms with Crippen LogP contribution in [0.25, 0.3) is 5.69 Å². The lowest BCUT2D eigenvalue weighted by Gasteiger charge is -2.39. The van der Waals surface area contributed by atoms with Crippen molar-refractivity contribution in [3.05, 3.63) is 84.2 Å². The number of hydrogen-bond acceptors (Lipinski definition) is 3. The molecule has 0 spiro atoms. The minimum Gasteiger partial charge on any atom is -0.375 e. The second-order valence-electron chi connectivity index (χ2n) is 7.97. The van der Waals surface area contributed by atoms with E-state index < -0.39 is 0 Å². The molecule has 1 aliphatic rings. The highest BCUT2D eigenvalue weighted by Crippen LogP contribution is 2.42.